The van der Waals surface area contributed by atoms with E-state index in [1.807, 2.05) is 0 Å². The highest BCUT2D eigenvalue weighted by Crippen LogP contribution is 2.32. The van der Waals surface area contributed by atoms with Crippen LogP contribution in [-0.4, -0.2) is 23.2 Å². The molecule has 0 spiro atoms. The summed E-state index contributed by atoms with van der Waals surface area (Å²) in [6.07, 6.45) is 3.62. The van der Waals surface area contributed by atoms with Gasteiger partial charge in [-0.25, -0.2) is 8.78 Å². The lowest BCUT2D eigenvalue weighted by molar-refractivity contribution is -0.125. The van der Waals surface area contributed by atoms with Gasteiger partial charge in [0.1, 0.15) is 11.6 Å². The van der Waals surface area contributed by atoms with Crippen molar-refractivity contribution in [3.8, 4) is 0 Å². The molecule has 1 amide bonds. The van der Waals surface area contributed by atoms with Crippen LogP contribution in [0.4, 0.5) is 8.78 Å². The van der Waals surface area contributed by atoms with Crippen LogP contribution in [-0.2, 0) is 11.2 Å². The first-order chi connectivity index (χ1) is 9.48. The van der Waals surface area contributed by atoms with Gasteiger partial charge in [-0.3, -0.25) is 4.79 Å². The fraction of sp³-hybridized carbons (Fsp3) is 0.533. The quantitative estimate of drug-likeness (QED) is 0.871. The van der Waals surface area contributed by atoms with E-state index in [-0.39, 0.29) is 18.9 Å². The molecule has 1 fully saturated rings. The highest BCUT2D eigenvalue weighted by atomic mass is 19.1. The maximum Gasteiger partial charge on any atom is 0.222 e. The van der Waals surface area contributed by atoms with Gasteiger partial charge in [0.15, 0.2) is 0 Å². The minimum absolute atomic E-state index is 0.0961. The molecule has 20 heavy (non-hydrogen) atoms. The van der Waals surface area contributed by atoms with Crippen LogP contribution in [0.1, 0.15) is 37.7 Å². The highest BCUT2D eigenvalue weighted by molar-refractivity contribution is 5.77. The molecule has 0 unspecified atom stereocenters. The van der Waals surface area contributed by atoms with Crippen LogP contribution in [0.15, 0.2) is 18.2 Å². The molecule has 1 saturated carbocycles. The Morgan fingerprint density at radius 3 is 2.65 bits per heavy atom. The Kier molecular flexibility index (Phi) is 4.70. The molecule has 2 rings (SSSR count). The summed E-state index contributed by atoms with van der Waals surface area (Å²) in [4.78, 5) is 11.7. The van der Waals surface area contributed by atoms with E-state index in [2.05, 4.69) is 5.32 Å². The van der Waals surface area contributed by atoms with Crippen molar-refractivity contribution in [3.63, 3.8) is 0 Å². The molecule has 2 N–H and O–H groups in total. The number of nitrogens with one attached hydrogen (secondary N) is 1. The van der Waals surface area contributed by atoms with Gasteiger partial charge in [-0.15, -0.1) is 0 Å². The number of amides is 1. The first-order valence-corrected chi connectivity index (χ1v) is 6.92. The van der Waals surface area contributed by atoms with Crippen molar-refractivity contribution in [1.29, 1.82) is 0 Å². The van der Waals surface area contributed by atoms with E-state index in [1.54, 1.807) is 0 Å². The molecule has 1 aromatic rings. The molecule has 3 nitrogen and oxygen atoms in total. The number of halogens is 2. The zero-order valence-corrected chi connectivity index (χ0v) is 11.3. The van der Waals surface area contributed by atoms with E-state index < -0.39 is 17.2 Å². The Labute approximate surface area is 117 Å². The summed E-state index contributed by atoms with van der Waals surface area (Å²) in [6.45, 7) is 0.275. The molecule has 110 valence electrons. The van der Waals surface area contributed by atoms with Crippen LogP contribution in [0.3, 0.4) is 0 Å². The lowest BCUT2D eigenvalue weighted by atomic mass is 9.97. The van der Waals surface area contributed by atoms with E-state index >= 15 is 0 Å². The average molecular weight is 283 g/mol. The lowest BCUT2D eigenvalue weighted by Crippen LogP contribution is -2.35. The summed E-state index contributed by atoms with van der Waals surface area (Å²) in [5, 5.41) is 12.8. The van der Waals surface area contributed by atoms with E-state index in [4.69, 9.17) is 0 Å². The molecule has 1 aliphatic carbocycles. The number of hydrogen-bond acceptors (Lipinski definition) is 2. The van der Waals surface area contributed by atoms with Gasteiger partial charge in [-0.2, -0.15) is 0 Å². The number of benzene rings is 1. The van der Waals surface area contributed by atoms with E-state index in [0.29, 0.717) is 24.8 Å². The second-order valence-electron chi connectivity index (χ2n) is 5.44. The molecule has 1 aliphatic rings. The van der Waals surface area contributed by atoms with Crippen molar-refractivity contribution < 1.29 is 18.7 Å². The van der Waals surface area contributed by atoms with Crippen molar-refractivity contribution in [2.45, 2.75) is 44.1 Å². The second-order valence-corrected chi connectivity index (χ2v) is 5.44. The fourth-order valence-corrected chi connectivity index (χ4v) is 2.63. The van der Waals surface area contributed by atoms with Gasteiger partial charge in [-0.1, -0.05) is 18.9 Å². The fourth-order valence-electron chi connectivity index (χ4n) is 2.63. The minimum atomic E-state index is -0.870. The standard InChI is InChI=1S/C15H19F2NO2/c16-12-4-3-11(13(17)9-12)5-8-18-14(19)10-15(20)6-1-2-7-15/h3-4,9,20H,1-2,5-8,10H2,(H,18,19). The van der Waals surface area contributed by atoms with Crippen LogP contribution in [0.2, 0.25) is 0 Å². The Hall–Kier alpha value is -1.49. The first-order valence-electron chi connectivity index (χ1n) is 6.92. The maximum absolute atomic E-state index is 13.4. The molecule has 0 aliphatic heterocycles. The third-order valence-electron chi connectivity index (χ3n) is 3.76. The van der Waals surface area contributed by atoms with E-state index in [9.17, 15) is 18.7 Å². The first kappa shape index (κ1) is 14.9. The van der Waals surface area contributed by atoms with Crippen molar-refractivity contribution >= 4 is 5.91 Å². The predicted molar refractivity (Wildman–Crippen MR) is 71.1 cm³/mol. The van der Waals surface area contributed by atoms with Crippen LogP contribution in [0.25, 0.3) is 0 Å². The van der Waals surface area contributed by atoms with Gasteiger partial charge >= 0.3 is 0 Å². The molecule has 0 radical (unpaired) electrons. The summed E-state index contributed by atoms with van der Waals surface area (Å²) in [5.74, 6) is -1.44. The Morgan fingerprint density at radius 2 is 2.00 bits per heavy atom. The minimum Gasteiger partial charge on any atom is -0.389 e. The van der Waals surface area contributed by atoms with Crippen molar-refractivity contribution in [1.82, 2.24) is 5.32 Å². The van der Waals surface area contributed by atoms with Crippen molar-refractivity contribution in [3.05, 3.63) is 35.4 Å². The van der Waals surface area contributed by atoms with Gasteiger partial charge in [0, 0.05) is 12.6 Å². The number of aliphatic hydroxyl groups is 1. The van der Waals surface area contributed by atoms with Crippen LogP contribution >= 0.6 is 0 Å². The van der Waals surface area contributed by atoms with Gasteiger partial charge in [0.25, 0.3) is 0 Å². The molecule has 0 aromatic heterocycles. The number of rotatable bonds is 5. The van der Waals surface area contributed by atoms with Crippen molar-refractivity contribution in [2.75, 3.05) is 6.54 Å². The van der Waals surface area contributed by atoms with Gasteiger partial charge in [-0.05, 0) is 30.9 Å². The third kappa shape index (κ3) is 4.00. The monoisotopic (exact) mass is 283 g/mol. The summed E-state index contributed by atoms with van der Waals surface area (Å²) in [5.41, 5.74) is -0.503. The smallest absolute Gasteiger partial charge is 0.222 e. The zero-order chi connectivity index (χ0) is 14.6. The molecule has 1 aromatic carbocycles. The number of carbonyl (C=O) groups excluding carboxylic acids is 1. The molecular formula is C15H19F2NO2. The van der Waals surface area contributed by atoms with E-state index in [1.165, 1.54) is 12.1 Å². The molecule has 0 atom stereocenters. The molecule has 0 saturated heterocycles. The normalized spacial score (nSPS) is 17.1. The molecule has 0 heterocycles. The largest absolute Gasteiger partial charge is 0.389 e. The predicted octanol–water partition coefficient (Wildman–Crippen LogP) is 2.32. The van der Waals surface area contributed by atoms with Crippen LogP contribution in [0, 0.1) is 11.6 Å². The Bertz CT molecular complexity index is 485. The van der Waals surface area contributed by atoms with E-state index in [0.717, 1.165) is 18.9 Å². The number of carbonyl (C=O) groups is 1. The maximum atomic E-state index is 13.4. The zero-order valence-electron chi connectivity index (χ0n) is 11.3. The van der Waals surface area contributed by atoms with Gasteiger partial charge in [0.05, 0.1) is 12.0 Å². The van der Waals surface area contributed by atoms with Crippen LogP contribution in [0.5, 0.6) is 0 Å². The average Bonchev–Trinajstić information content (AvgIpc) is 2.78. The SMILES string of the molecule is O=C(CC1(O)CCCC1)NCCc1ccc(F)cc1F. The van der Waals surface area contributed by atoms with Gasteiger partial charge in [0.2, 0.25) is 5.91 Å². The highest BCUT2D eigenvalue weighted by Gasteiger charge is 2.33. The van der Waals surface area contributed by atoms with Gasteiger partial charge < -0.3 is 10.4 Å². The molecule has 5 heteroatoms. The summed E-state index contributed by atoms with van der Waals surface area (Å²) in [6, 6.07) is 3.40. The van der Waals surface area contributed by atoms with Crippen molar-refractivity contribution in [2.24, 2.45) is 0 Å². The Balaban J connectivity index is 1.76. The summed E-state index contributed by atoms with van der Waals surface area (Å²) < 4.78 is 26.1. The van der Waals surface area contributed by atoms with Crippen LogP contribution < -0.4 is 5.32 Å². The summed E-state index contributed by atoms with van der Waals surface area (Å²) >= 11 is 0. The molecular weight excluding hydrogens is 264 g/mol. The summed E-state index contributed by atoms with van der Waals surface area (Å²) in [7, 11) is 0. The molecule has 0 bridgehead atoms. The number of hydrogen-bond donors (Lipinski definition) is 2. The third-order valence-corrected chi connectivity index (χ3v) is 3.76. The lowest BCUT2D eigenvalue weighted by Gasteiger charge is -2.21. The Morgan fingerprint density at radius 1 is 1.30 bits per heavy atom. The second kappa shape index (κ2) is 6.31. The topological polar surface area (TPSA) is 49.3 Å².